The fourth-order valence-electron chi connectivity index (χ4n) is 2.05. The second-order valence-electron chi connectivity index (χ2n) is 5.56. The first kappa shape index (κ1) is 17.3. The summed E-state index contributed by atoms with van der Waals surface area (Å²) >= 11 is 0. The Kier molecular flexibility index (Phi) is 5.60. The van der Waals surface area contributed by atoms with Crippen LogP contribution >= 0.6 is 0 Å². The van der Waals surface area contributed by atoms with Crippen LogP contribution in [0.25, 0.3) is 0 Å². The van der Waals surface area contributed by atoms with Crippen LogP contribution in [0.2, 0.25) is 0 Å². The van der Waals surface area contributed by atoms with Crippen molar-refractivity contribution in [3.8, 4) is 0 Å². The lowest BCUT2D eigenvalue weighted by molar-refractivity contribution is 0.601. The number of sulfonamides is 1. The first-order valence-electron chi connectivity index (χ1n) is 7.72. The summed E-state index contributed by atoms with van der Waals surface area (Å²) < 4.78 is 27.4. The van der Waals surface area contributed by atoms with Gasteiger partial charge in [0.2, 0.25) is 0 Å². The standard InChI is InChI=1S/C17H23N3O2S/c1-4-5-10-18-17-9-7-15(12-19-17)20-23(21,22)16-8-6-13(2)14(3)11-16/h6-9,11-12,20H,4-5,10H2,1-3H3,(H,18,19). The van der Waals surface area contributed by atoms with E-state index in [1.54, 1.807) is 24.3 Å². The predicted molar refractivity (Wildman–Crippen MR) is 94.4 cm³/mol. The molecule has 0 fully saturated rings. The zero-order chi connectivity index (χ0) is 16.9. The van der Waals surface area contributed by atoms with E-state index in [0.29, 0.717) is 5.69 Å². The Morgan fingerprint density at radius 1 is 1.09 bits per heavy atom. The smallest absolute Gasteiger partial charge is 0.261 e. The molecule has 6 heteroatoms. The van der Waals surface area contributed by atoms with E-state index in [0.717, 1.165) is 36.3 Å². The molecular weight excluding hydrogens is 310 g/mol. The lowest BCUT2D eigenvalue weighted by Gasteiger charge is -2.10. The van der Waals surface area contributed by atoms with E-state index < -0.39 is 10.0 Å². The van der Waals surface area contributed by atoms with E-state index in [9.17, 15) is 8.42 Å². The van der Waals surface area contributed by atoms with Crippen molar-refractivity contribution in [2.75, 3.05) is 16.6 Å². The van der Waals surface area contributed by atoms with Crippen molar-refractivity contribution in [1.29, 1.82) is 0 Å². The summed E-state index contributed by atoms with van der Waals surface area (Å²) in [6, 6.07) is 8.57. The number of benzene rings is 1. The Labute approximate surface area is 138 Å². The number of nitrogens with zero attached hydrogens (tertiary/aromatic N) is 1. The molecule has 0 saturated carbocycles. The van der Waals surface area contributed by atoms with Gasteiger partial charge in [0.05, 0.1) is 16.8 Å². The van der Waals surface area contributed by atoms with Gasteiger partial charge < -0.3 is 5.32 Å². The third-order valence-corrected chi connectivity index (χ3v) is 5.02. The predicted octanol–water partition coefficient (Wildman–Crippen LogP) is 3.71. The lowest BCUT2D eigenvalue weighted by atomic mass is 10.1. The van der Waals surface area contributed by atoms with Crippen molar-refractivity contribution in [2.45, 2.75) is 38.5 Å². The highest BCUT2D eigenvalue weighted by Crippen LogP contribution is 2.19. The summed E-state index contributed by atoms with van der Waals surface area (Å²) in [7, 11) is -3.60. The molecule has 5 nitrogen and oxygen atoms in total. The second kappa shape index (κ2) is 7.46. The average molecular weight is 333 g/mol. The van der Waals surface area contributed by atoms with Crippen LogP contribution in [-0.2, 0) is 10.0 Å². The highest BCUT2D eigenvalue weighted by molar-refractivity contribution is 7.92. The summed E-state index contributed by atoms with van der Waals surface area (Å²) in [6.45, 7) is 6.83. The van der Waals surface area contributed by atoms with Gasteiger partial charge in [-0.1, -0.05) is 19.4 Å². The minimum atomic E-state index is -3.60. The SMILES string of the molecule is CCCCNc1ccc(NS(=O)(=O)c2ccc(C)c(C)c2)cn1. The maximum atomic E-state index is 12.4. The van der Waals surface area contributed by atoms with Crippen LogP contribution in [0.5, 0.6) is 0 Å². The average Bonchev–Trinajstić information content (AvgIpc) is 2.51. The van der Waals surface area contributed by atoms with Crippen molar-refractivity contribution in [2.24, 2.45) is 0 Å². The van der Waals surface area contributed by atoms with Gasteiger partial charge in [-0.3, -0.25) is 4.72 Å². The Bertz CT molecular complexity index is 756. The highest BCUT2D eigenvalue weighted by Gasteiger charge is 2.15. The van der Waals surface area contributed by atoms with Crippen molar-refractivity contribution in [3.05, 3.63) is 47.7 Å². The number of hydrogen-bond donors (Lipinski definition) is 2. The summed E-state index contributed by atoms with van der Waals surface area (Å²) in [6.07, 6.45) is 3.70. The normalized spacial score (nSPS) is 11.3. The van der Waals surface area contributed by atoms with Crippen molar-refractivity contribution >= 4 is 21.5 Å². The quantitative estimate of drug-likeness (QED) is 0.758. The first-order valence-corrected chi connectivity index (χ1v) is 9.20. The van der Waals surface area contributed by atoms with Gasteiger partial charge in [-0.2, -0.15) is 0 Å². The molecule has 0 amide bonds. The molecule has 0 radical (unpaired) electrons. The molecular formula is C17H23N3O2S. The molecule has 1 heterocycles. The molecule has 0 aliphatic rings. The van der Waals surface area contributed by atoms with Crippen LogP contribution < -0.4 is 10.0 Å². The number of rotatable bonds is 7. The van der Waals surface area contributed by atoms with Gasteiger partial charge >= 0.3 is 0 Å². The van der Waals surface area contributed by atoms with E-state index in [-0.39, 0.29) is 4.90 Å². The van der Waals surface area contributed by atoms with Crippen LogP contribution in [0.15, 0.2) is 41.4 Å². The number of aryl methyl sites for hydroxylation is 2. The number of hydrogen-bond acceptors (Lipinski definition) is 4. The molecule has 0 bridgehead atoms. The van der Waals surface area contributed by atoms with Crippen LogP contribution in [0.3, 0.4) is 0 Å². The van der Waals surface area contributed by atoms with Crippen LogP contribution in [-0.4, -0.2) is 19.9 Å². The zero-order valence-corrected chi connectivity index (χ0v) is 14.6. The number of pyridine rings is 1. The van der Waals surface area contributed by atoms with Gasteiger partial charge in [-0.25, -0.2) is 13.4 Å². The Balaban J connectivity index is 2.09. The van der Waals surface area contributed by atoms with E-state index in [1.807, 2.05) is 19.9 Å². The van der Waals surface area contributed by atoms with Crippen LogP contribution in [0.4, 0.5) is 11.5 Å². The molecule has 0 spiro atoms. The fourth-order valence-corrected chi connectivity index (χ4v) is 3.18. The monoisotopic (exact) mass is 333 g/mol. The summed E-state index contributed by atoms with van der Waals surface area (Å²) in [5.41, 5.74) is 2.46. The zero-order valence-electron chi connectivity index (χ0n) is 13.8. The molecule has 1 aromatic carbocycles. The third kappa shape index (κ3) is 4.69. The molecule has 2 aromatic rings. The Morgan fingerprint density at radius 3 is 2.48 bits per heavy atom. The lowest BCUT2D eigenvalue weighted by Crippen LogP contribution is -2.13. The van der Waals surface area contributed by atoms with E-state index >= 15 is 0 Å². The van der Waals surface area contributed by atoms with Crippen LogP contribution in [0.1, 0.15) is 30.9 Å². The van der Waals surface area contributed by atoms with E-state index in [4.69, 9.17) is 0 Å². The molecule has 2 N–H and O–H groups in total. The largest absolute Gasteiger partial charge is 0.370 e. The molecule has 1 aromatic heterocycles. The third-order valence-electron chi connectivity index (χ3n) is 3.64. The summed E-state index contributed by atoms with van der Waals surface area (Å²) in [5, 5.41) is 3.19. The van der Waals surface area contributed by atoms with Crippen molar-refractivity contribution in [1.82, 2.24) is 4.98 Å². The van der Waals surface area contributed by atoms with E-state index in [1.165, 1.54) is 6.20 Å². The Hall–Kier alpha value is -2.08. The maximum absolute atomic E-state index is 12.4. The summed E-state index contributed by atoms with van der Waals surface area (Å²) in [4.78, 5) is 4.48. The highest BCUT2D eigenvalue weighted by atomic mass is 32.2. The van der Waals surface area contributed by atoms with Crippen LogP contribution in [0, 0.1) is 13.8 Å². The van der Waals surface area contributed by atoms with Gasteiger partial charge in [-0.15, -0.1) is 0 Å². The number of anilines is 2. The molecule has 2 rings (SSSR count). The number of unbranched alkanes of at least 4 members (excludes halogenated alkanes) is 1. The molecule has 23 heavy (non-hydrogen) atoms. The minimum absolute atomic E-state index is 0.255. The van der Waals surface area contributed by atoms with Gasteiger partial charge in [-0.05, 0) is 55.7 Å². The summed E-state index contributed by atoms with van der Waals surface area (Å²) in [5.74, 6) is 0.743. The van der Waals surface area contributed by atoms with Gasteiger partial charge in [0.1, 0.15) is 5.82 Å². The second-order valence-corrected chi connectivity index (χ2v) is 7.25. The van der Waals surface area contributed by atoms with Gasteiger partial charge in [0.15, 0.2) is 0 Å². The number of aromatic nitrogens is 1. The molecule has 0 saturated heterocycles. The minimum Gasteiger partial charge on any atom is -0.370 e. The van der Waals surface area contributed by atoms with Crippen molar-refractivity contribution in [3.63, 3.8) is 0 Å². The fraction of sp³-hybridized carbons (Fsp3) is 0.353. The number of nitrogens with one attached hydrogen (secondary N) is 2. The first-order chi connectivity index (χ1) is 10.9. The maximum Gasteiger partial charge on any atom is 0.261 e. The van der Waals surface area contributed by atoms with E-state index in [2.05, 4.69) is 21.9 Å². The molecule has 0 unspecified atom stereocenters. The van der Waals surface area contributed by atoms with Gasteiger partial charge in [0.25, 0.3) is 10.0 Å². The molecule has 0 atom stereocenters. The topological polar surface area (TPSA) is 71.1 Å². The van der Waals surface area contributed by atoms with Gasteiger partial charge in [0, 0.05) is 6.54 Å². The molecule has 124 valence electrons. The Morgan fingerprint density at radius 2 is 1.87 bits per heavy atom. The molecule has 0 aliphatic carbocycles. The molecule has 0 aliphatic heterocycles. The van der Waals surface area contributed by atoms with Crippen molar-refractivity contribution < 1.29 is 8.42 Å².